The van der Waals surface area contributed by atoms with E-state index >= 15 is 0 Å². The van der Waals surface area contributed by atoms with Crippen molar-refractivity contribution in [3.63, 3.8) is 0 Å². The first kappa shape index (κ1) is 19.4. The van der Waals surface area contributed by atoms with Crippen molar-refractivity contribution in [3.8, 4) is 11.4 Å². The molecule has 3 aromatic rings. The molecule has 3 rings (SSSR count). The van der Waals surface area contributed by atoms with Crippen LogP contribution < -0.4 is 10.2 Å². The van der Waals surface area contributed by atoms with E-state index in [1.165, 1.54) is 11.8 Å². The van der Waals surface area contributed by atoms with Crippen LogP contribution in [0.1, 0.15) is 6.92 Å². The summed E-state index contributed by atoms with van der Waals surface area (Å²) < 4.78 is 0.935. The zero-order valence-electron chi connectivity index (χ0n) is 15.2. The fraction of sp³-hybridized carbons (Fsp3) is 0.211. The molecule has 0 bridgehead atoms. The molecule has 0 fully saturated rings. The highest BCUT2D eigenvalue weighted by Gasteiger charge is 2.18. The summed E-state index contributed by atoms with van der Waals surface area (Å²) in [7, 11) is 3.96. The van der Waals surface area contributed by atoms with Crippen molar-refractivity contribution >= 4 is 45.0 Å². The third-order valence-electron chi connectivity index (χ3n) is 3.90. The minimum Gasteiger partial charge on any atom is -0.378 e. The van der Waals surface area contributed by atoms with E-state index in [1.54, 1.807) is 0 Å². The van der Waals surface area contributed by atoms with Crippen molar-refractivity contribution in [2.75, 3.05) is 24.3 Å². The van der Waals surface area contributed by atoms with Crippen LogP contribution >= 0.6 is 27.7 Å². The molecule has 2 aromatic carbocycles. The second-order valence-corrected chi connectivity index (χ2v) is 8.30. The summed E-state index contributed by atoms with van der Waals surface area (Å²) in [5.74, 6) is 0.571. The highest BCUT2D eigenvalue weighted by molar-refractivity contribution is 9.10. The van der Waals surface area contributed by atoms with Crippen LogP contribution in [0, 0.1) is 0 Å². The number of hydrogen-bond donors (Lipinski definition) is 2. The van der Waals surface area contributed by atoms with Gasteiger partial charge in [-0.15, -0.1) is 5.10 Å². The van der Waals surface area contributed by atoms with Crippen LogP contribution in [-0.2, 0) is 4.79 Å². The molecule has 8 heteroatoms. The normalized spacial score (nSPS) is 11.9. The lowest BCUT2D eigenvalue weighted by molar-refractivity contribution is -0.115. The van der Waals surface area contributed by atoms with E-state index in [9.17, 15) is 4.79 Å². The van der Waals surface area contributed by atoms with E-state index in [0.29, 0.717) is 11.0 Å². The minimum absolute atomic E-state index is 0.0927. The third-order valence-corrected chi connectivity index (χ3v) is 5.55. The molecular weight excluding hydrogens is 426 g/mol. The van der Waals surface area contributed by atoms with Gasteiger partial charge in [-0.2, -0.15) is 0 Å². The molecule has 1 amide bonds. The number of nitrogens with zero attached hydrogens (tertiary/aromatic N) is 3. The van der Waals surface area contributed by atoms with Crippen LogP contribution in [0.3, 0.4) is 0 Å². The highest BCUT2D eigenvalue weighted by atomic mass is 79.9. The van der Waals surface area contributed by atoms with Gasteiger partial charge in [-0.25, -0.2) is 4.98 Å². The first-order chi connectivity index (χ1) is 12.9. The van der Waals surface area contributed by atoms with Gasteiger partial charge in [-0.05, 0) is 37.3 Å². The van der Waals surface area contributed by atoms with Gasteiger partial charge >= 0.3 is 0 Å². The number of benzene rings is 2. The maximum Gasteiger partial charge on any atom is 0.237 e. The van der Waals surface area contributed by atoms with E-state index in [-0.39, 0.29) is 11.2 Å². The molecule has 0 saturated heterocycles. The molecular formula is C19H20BrN5OS. The number of anilines is 2. The van der Waals surface area contributed by atoms with Gasteiger partial charge in [-0.3, -0.25) is 9.89 Å². The summed E-state index contributed by atoms with van der Waals surface area (Å²) in [6, 6.07) is 15.5. The lowest BCUT2D eigenvalue weighted by atomic mass is 10.2. The predicted octanol–water partition coefficient (Wildman–Crippen LogP) is 4.42. The standard InChI is InChI=1S/C19H20BrN5OS/c1-12(18(26)21-13-8-10-14(11-9-13)25(2)3)27-19-22-17(23-24-19)15-6-4-5-7-16(15)20/h4-12H,1-3H3,(H,21,26)(H,22,23,24)/t12-/m1/s1. The number of hydrogen-bond acceptors (Lipinski definition) is 5. The summed E-state index contributed by atoms with van der Waals surface area (Å²) in [6.07, 6.45) is 0. The van der Waals surface area contributed by atoms with E-state index in [4.69, 9.17) is 0 Å². The Morgan fingerprint density at radius 2 is 1.89 bits per heavy atom. The molecule has 0 spiro atoms. The number of carbonyl (C=O) groups excluding carboxylic acids is 1. The molecule has 1 atom stereocenters. The Balaban J connectivity index is 1.62. The first-order valence-electron chi connectivity index (χ1n) is 8.36. The summed E-state index contributed by atoms with van der Waals surface area (Å²) in [5.41, 5.74) is 2.77. The first-order valence-corrected chi connectivity index (χ1v) is 10.0. The Morgan fingerprint density at radius 1 is 1.19 bits per heavy atom. The summed E-state index contributed by atoms with van der Waals surface area (Å²) in [5, 5.41) is 10.3. The van der Waals surface area contributed by atoms with Crippen molar-refractivity contribution in [2.45, 2.75) is 17.3 Å². The van der Waals surface area contributed by atoms with Crippen molar-refractivity contribution in [3.05, 3.63) is 53.0 Å². The van der Waals surface area contributed by atoms with Crippen LogP contribution in [0.4, 0.5) is 11.4 Å². The van der Waals surface area contributed by atoms with Crippen LogP contribution in [-0.4, -0.2) is 40.4 Å². The maximum absolute atomic E-state index is 12.5. The molecule has 0 saturated carbocycles. The highest BCUT2D eigenvalue weighted by Crippen LogP contribution is 2.28. The van der Waals surface area contributed by atoms with Crippen molar-refractivity contribution < 1.29 is 4.79 Å². The lowest BCUT2D eigenvalue weighted by Gasteiger charge is -2.14. The monoisotopic (exact) mass is 445 g/mol. The molecule has 2 N–H and O–H groups in total. The third kappa shape index (κ3) is 4.90. The number of thioether (sulfide) groups is 1. The van der Waals surface area contributed by atoms with Gasteiger partial charge in [0.15, 0.2) is 5.82 Å². The van der Waals surface area contributed by atoms with Crippen molar-refractivity contribution in [2.24, 2.45) is 0 Å². The average Bonchev–Trinajstić information content (AvgIpc) is 3.10. The van der Waals surface area contributed by atoms with Gasteiger partial charge in [0.2, 0.25) is 11.1 Å². The second kappa shape index (κ2) is 8.58. The SMILES string of the molecule is C[C@@H](Sc1n[nH]c(-c2ccccc2Br)n1)C(=O)Nc1ccc(N(C)C)cc1. The van der Waals surface area contributed by atoms with Crippen molar-refractivity contribution in [1.82, 2.24) is 15.2 Å². The van der Waals surface area contributed by atoms with Gasteiger partial charge in [-0.1, -0.05) is 45.9 Å². The van der Waals surface area contributed by atoms with Crippen LogP contribution in [0.25, 0.3) is 11.4 Å². The Kier molecular flexibility index (Phi) is 6.18. The van der Waals surface area contributed by atoms with E-state index in [1.807, 2.05) is 74.4 Å². The topological polar surface area (TPSA) is 73.9 Å². The van der Waals surface area contributed by atoms with Crippen LogP contribution in [0.5, 0.6) is 0 Å². The number of nitrogens with one attached hydrogen (secondary N) is 2. The number of carbonyl (C=O) groups is 1. The number of halogens is 1. The fourth-order valence-electron chi connectivity index (χ4n) is 2.37. The summed E-state index contributed by atoms with van der Waals surface area (Å²) in [6.45, 7) is 1.84. The number of aromatic nitrogens is 3. The van der Waals surface area contributed by atoms with E-state index < -0.39 is 0 Å². The summed E-state index contributed by atoms with van der Waals surface area (Å²) in [4.78, 5) is 18.9. The van der Waals surface area contributed by atoms with Gasteiger partial charge in [0, 0.05) is 35.5 Å². The second-order valence-electron chi connectivity index (χ2n) is 6.14. The predicted molar refractivity (Wildman–Crippen MR) is 114 cm³/mol. The molecule has 0 aliphatic carbocycles. The molecule has 27 heavy (non-hydrogen) atoms. The molecule has 0 radical (unpaired) electrons. The maximum atomic E-state index is 12.5. The number of H-pyrrole nitrogens is 1. The fourth-order valence-corrected chi connectivity index (χ4v) is 3.57. The van der Waals surface area contributed by atoms with Crippen LogP contribution in [0.2, 0.25) is 0 Å². The van der Waals surface area contributed by atoms with E-state index in [0.717, 1.165) is 21.4 Å². The van der Waals surface area contributed by atoms with Crippen LogP contribution in [0.15, 0.2) is 58.2 Å². The van der Waals surface area contributed by atoms with Gasteiger partial charge in [0.25, 0.3) is 0 Å². The van der Waals surface area contributed by atoms with E-state index in [2.05, 4.69) is 36.4 Å². The molecule has 0 aliphatic rings. The molecule has 0 aliphatic heterocycles. The Hall–Kier alpha value is -2.32. The smallest absolute Gasteiger partial charge is 0.237 e. The lowest BCUT2D eigenvalue weighted by Crippen LogP contribution is -2.22. The average molecular weight is 446 g/mol. The Labute approximate surface area is 170 Å². The number of rotatable bonds is 6. The molecule has 1 heterocycles. The minimum atomic E-state index is -0.332. The quantitative estimate of drug-likeness (QED) is 0.549. The molecule has 0 unspecified atom stereocenters. The van der Waals surface area contributed by atoms with Gasteiger partial charge in [0.05, 0.1) is 5.25 Å². The zero-order valence-corrected chi connectivity index (χ0v) is 17.6. The Morgan fingerprint density at radius 3 is 2.56 bits per heavy atom. The number of amides is 1. The number of aromatic amines is 1. The summed E-state index contributed by atoms with van der Waals surface area (Å²) >= 11 is 4.82. The van der Waals surface area contributed by atoms with Gasteiger partial charge in [0.1, 0.15) is 0 Å². The Bertz CT molecular complexity index is 926. The largest absolute Gasteiger partial charge is 0.378 e. The molecule has 140 valence electrons. The zero-order chi connectivity index (χ0) is 19.4. The van der Waals surface area contributed by atoms with Crippen molar-refractivity contribution in [1.29, 1.82) is 0 Å². The van der Waals surface area contributed by atoms with Gasteiger partial charge < -0.3 is 10.2 Å². The molecule has 1 aromatic heterocycles. The molecule has 6 nitrogen and oxygen atoms in total.